The maximum atomic E-state index is 11.9. The Labute approximate surface area is 126 Å². The third-order valence-corrected chi connectivity index (χ3v) is 4.35. The Balaban J connectivity index is 0.00000162. The number of amides is 2. The molecule has 104 valence electrons. The van der Waals surface area contributed by atoms with Crippen LogP contribution < -0.4 is 27.2 Å². The van der Waals surface area contributed by atoms with Crippen molar-refractivity contribution in [2.24, 2.45) is 0 Å². The number of quaternary nitrogens is 1. The molecule has 0 bridgehead atoms. The van der Waals surface area contributed by atoms with Gasteiger partial charge in [-0.05, 0) is 26.7 Å². The fourth-order valence-electron chi connectivity index (χ4n) is 2.55. The van der Waals surface area contributed by atoms with E-state index in [4.69, 9.17) is 4.74 Å². The van der Waals surface area contributed by atoms with Crippen molar-refractivity contribution >= 4 is 27.9 Å². The molecule has 2 aliphatic heterocycles. The topological polar surface area (TPSA) is 59.8 Å². The van der Waals surface area contributed by atoms with E-state index in [0.29, 0.717) is 17.9 Å². The van der Waals surface area contributed by atoms with Crippen molar-refractivity contribution in [3.63, 3.8) is 0 Å². The zero-order valence-corrected chi connectivity index (χ0v) is 13.7. The highest BCUT2D eigenvalue weighted by Crippen LogP contribution is 2.23. The van der Waals surface area contributed by atoms with Crippen LogP contribution in [-0.2, 0) is 9.53 Å². The van der Waals surface area contributed by atoms with Crippen LogP contribution in [0.2, 0.25) is 0 Å². The molecule has 2 atom stereocenters. The number of hydrogen-bond donors (Lipinski definition) is 2. The zero-order chi connectivity index (χ0) is 12.7. The number of ether oxygens (including phenoxy) is 1. The molecule has 0 radical (unpaired) electrons. The van der Waals surface area contributed by atoms with Gasteiger partial charge in [0.15, 0.2) is 6.61 Å². The highest BCUT2D eigenvalue weighted by molar-refractivity contribution is 9.10. The smallest absolute Gasteiger partial charge is 0.517 e. The fraction of sp³-hybridized carbons (Fsp3) is 0.818. The highest BCUT2D eigenvalue weighted by Gasteiger charge is 2.57. The number of halogens is 2. The van der Waals surface area contributed by atoms with Crippen LogP contribution in [0.3, 0.4) is 0 Å². The first-order valence-electron chi connectivity index (χ1n) is 5.90. The summed E-state index contributed by atoms with van der Waals surface area (Å²) in [5, 5.41) is 2.92. The van der Waals surface area contributed by atoms with E-state index in [0.717, 1.165) is 19.3 Å². The first-order chi connectivity index (χ1) is 7.85. The Morgan fingerprint density at radius 2 is 2.00 bits per heavy atom. The first-order valence-corrected chi connectivity index (χ1v) is 6.69. The van der Waals surface area contributed by atoms with E-state index < -0.39 is 4.57 Å². The zero-order valence-electron chi connectivity index (χ0n) is 10.5. The number of carbonyl (C=O) groups is 2. The molecule has 2 N–H and O–H groups in total. The molecule has 2 heterocycles. The largest absolute Gasteiger partial charge is 1.00 e. The van der Waals surface area contributed by atoms with Gasteiger partial charge < -0.3 is 21.7 Å². The molecule has 2 fully saturated rings. The number of hydrogen-bond acceptors (Lipinski definition) is 3. The SMILES string of the molecule is CC1(C)COC(=O)[NH+]1C1(Br)CCCCC(=O)N1.[Br-]. The Morgan fingerprint density at radius 3 is 2.56 bits per heavy atom. The maximum Gasteiger partial charge on any atom is 0.517 e. The van der Waals surface area contributed by atoms with Crippen LogP contribution in [0.4, 0.5) is 4.79 Å². The van der Waals surface area contributed by atoms with Crippen LogP contribution in [-0.4, -0.2) is 28.7 Å². The average Bonchev–Trinajstić information content (AvgIpc) is 2.38. The lowest BCUT2D eigenvalue weighted by atomic mass is 10.0. The standard InChI is InChI=1S/C11H17BrN2O3.BrH/c1-10(2)7-17-9(16)14(10)11(12)6-4-3-5-8(15)13-11;/h3-7H2,1-2H3,(H,13,15);1H. The molecule has 0 aromatic rings. The number of rotatable bonds is 1. The molecule has 2 rings (SSSR count). The van der Waals surface area contributed by atoms with Crippen molar-refractivity contribution in [3.05, 3.63) is 0 Å². The van der Waals surface area contributed by atoms with Gasteiger partial charge in [-0.2, -0.15) is 9.69 Å². The van der Waals surface area contributed by atoms with Gasteiger partial charge in [0.2, 0.25) is 10.5 Å². The summed E-state index contributed by atoms with van der Waals surface area (Å²) in [5.41, 5.74) is -0.335. The van der Waals surface area contributed by atoms with Gasteiger partial charge in [0.05, 0.1) is 0 Å². The van der Waals surface area contributed by atoms with Crippen molar-refractivity contribution in [2.45, 2.75) is 49.6 Å². The Kier molecular flexibility index (Phi) is 4.83. The lowest BCUT2D eigenvalue weighted by molar-refractivity contribution is -0.896. The van der Waals surface area contributed by atoms with Gasteiger partial charge in [0.1, 0.15) is 5.54 Å². The minimum absolute atomic E-state index is 0. The van der Waals surface area contributed by atoms with Gasteiger partial charge in [0.25, 0.3) is 0 Å². The van der Waals surface area contributed by atoms with Crippen molar-refractivity contribution in [2.75, 3.05) is 6.61 Å². The molecule has 0 aliphatic carbocycles. The van der Waals surface area contributed by atoms with E-state index >= 15 is 0 Å². The first kappa shape index (κ1) is 15.9. The van der Waals surface area contributed by atoms with Crippen LogP contribution >= 0.6 is 15.9 Å². The lowest BCUT2D eigenvalue weighted by Crippen LogP contribution is -3.27. The molecule has 2 amide bonds. The molecule has 0 aromatic heterocycles. The van der Waals surface area contributed by atoms with Gasteiger partial charge >= 0.3 is 6.09 Å². The number of carbonyl (C=O) groups excluding carboxylic acids is 2. The second-order valence-corrected chi connectivity index (χ2v) is 6.75. The summed E-state index contributed by atoms with van der Waals surface area (Å²) in [6.07, 6.45) is 2.73. The highest BCUT2D eigenvalue weighted by atomic mass is 79.9. The van der Waals surface area contributed by atoms with Crippen LogP contribution in [0.15, 0.2) is 0 Å². The average molecular weight is 386 g/mol. The van der Waals surface area contributed by atoms with E-state index in [1.807, 2.05) is 13.8 Å². The summed E-state index contributed by atoms with van der Waals surface area (Å²) in [7, 11) is 0. The molecular weight excluding hydrogens is 368 g/mol. The molecule has 5 nitrogen and oxygen atoms in total. The van der Waals surface area contributed by atoms with Crippen LogP contribution in [0, 0.1) is 0 Å². The third kappa shape index (κ3) is 2.88. The third-order valence-electron chi connectivity index (χ3n) is 3.35. The minimum Gasteiger partial charge on any atom is -1.00 e. The molecule has 7 heteroatoms. The van der Waals surface area contributed by atoms with E-state index in [-0.39, 0.29) is 34.5 Å². The summed E-state index contributed by atoms with van der Waals surface area (Å²) in [5.74, 6) is -0.0117. The van der Waals surface area contributed by atoms with Crippen molar-refractivity contribution < 1.29 is 36.2 Å². The van der Waals surface area contributed by atoms with Crippen molar-refractivity contribution in [1.29, 1.82) is 0 Å². The van der Waals surface area contributed by atoms with E-state index in [2.05, 4.69) is 21.2 Å². The van der Waals surface area contributed by atoms with Gasteiger partial charge in [0, 0.05) is 28.8 Å². The predicted octanol–water partition coefficient (Wildman–Crippen LogP) is -2.46. The maximum absolute atomic E-state index is 11.9. The quantitative estimate of drug-likeness (QED) is 0.389. The minimum atomic E-state index is -0.725. The monoisotopic (exact) mass is 384 g/mol. The molecular formula is C11H18Br2N2O3. The van der Waals surface area contributed by atoms with E-state index in [9.17, 15) is 9.59 Å². The Bertz CT molecular complexity index is 362. The summed E-state index contributed by atoms with van der Waals surface area (Å²) < 4.78 is 4.39. The number of nitrogens with one attached hydrogen (secondary N) is 2. The number of cyclic esters (lactones) is 1. The predicted molar refractivity (Wildman–Crippen MR) is 64.7 cm³/mol. The fourth-order valence-corrected chi connectivity index (χ4v) is 3.75. The Hall–Kier alpha value is -0.140. The van der Waals surface area contributed by atoms with Crippen LogP contribution in [0.1, 0.15) is 39.5 Å². The van der Waals surface area contributed by atoms with Crippen molar-refractivity contribution in [3.8, 4) is 0 Å². The molecule has 0 saturated carbocycles. The van der Waals surface area contributed by atoms with Crippen LogP contribution in [0.25, 0.3) is 0 Å². The van der Waals surface area contributed by atoms with Crippen molar-refractivity contribution in [1.82, 2.24) is 5.32 Å². The second kappa shape index (κ2) is 5.46. The summed E-state index contributed by atoms with van der Waals surface area (Å²) in [6.45, 7) is 4.31. The number of alkyl halides is 1. The molecule has 0 spiro atoms. The Morgan fingerprint density at radius 1 is 1.33 bits per heavy atom. The van der Waals surface area contributed by atoms with Gasteiger partial charge in [-0.3, -0.25) is 10.1 Å². The normalized spacial score (nSPS) is 35.2. The second-order valence-electron chi connectivity index (χ2n) is 5.39. The van der Waals surface area contributed by atoms with Crippen LogP contribution in [0.5, 0.6) is 0 Å². The molecule has 18 heavy (non-hydrogen) atoms. The summed E-state index contributed by atoms with van der Waals surface area (Å²) in [6, 6.07) is 0. The lowest BCUT2D eigenvalue weighted by Gasteiger charge is -2.36. The molecule has 2 unspecified atom stereocenters. The van der Waals surface area contributed by atoms with E-state index in [1.165, 1.54) is 0 Å². The molecule has 2 aliphatic rings. The summed E-state index contributed by atoms with van der Waals surface area (Å²) >= 11 is 3.56. The van der Waals surface area contributed by atoms with Gasteiger partial charge in [-0.25, -0.2) is 0 Å². The van der Waals surface area contributed by atoms with Gasteiger partial charge in [-0.1, -0.05) is 0 Å². The number of alkyl carbamates (subject to hydrolysis) is 2. The van der Waals surface area contributed by atoms with Gasteiger partial charge in [-0.15, -0.1) is 0 Å². The summed E-state index contributed by atoms with van der Waals surface area (Å²) in [4.78, 5) is 24.2. The molecule has 0 aromatic carbocycles. The van der Waals surface area contributed by atoms with E-state index in [1.54, 1.807) is 0 Å². The molecule has 2 saturated heterocycles.